The predicted molar refractivity (Wildman–Crippen MR) is 47.7 cm³/mol. The molecule has 58 valence electrons. The van der Waals surface area contributed by atoms with Crippen LogP contribution in [0.15, 0.2) is 23.1 Å². The van der Waals surface area contributed by atoms with Gasteiger partial charge in [0.1, 0.15) is 6.07 Å². The van der Waals surface area contributed by atoms with Crippen molar-refractivity contribution in [2.75, 3.05) is 0 Å². The van der Waals surface area contributed by atoms with E-state index in [1.807, 2.05) is 12.1 Å². The smallest absolute Gasteiger partial charge is 0.100 e. The standard InChI is InChI=1S/C9H6N2S/c10-4-3-7-1-2-9(12)8(5-7)6-11/h1-2,5,12H,3H2. The summed E-state index contributed by atoms with van der Waals surface area (Å²) >= 11 is 4.09. The van der Waals surface area contributed by atoms with Gasteiger partial charge in [-0.3, -0.25) is 0 Å². The van der Waals surface area contributed by atoms with Crippen LogP contribution in [0.1, 0.15) is 11.1 Å². The first-order valence-corrected chi connectivity index (χ1v) is 3.81. The average Bonchev–Trinajstić information content (AvgIpc) is 2.09. The molecule has 0 unspecified atom stereocenters. The monoisotopic (exact) mass is 174 g/mol. The first kappa shape index (κ1) is 8.64. The fourth-order valence-corrected chi connectivity index (χ4v) is 1.06. The number of thiol groups is 1. The molecule has 1 aromatic rings. The van der Waals surface area contributed by atoms with E-state index in [-0.39, 0.29) is 0 Å². The van der Waals surface area contributed by atoms with Crippen LogP contribution in [0.2, 0.25) is 0 Å². The summed E-state index contributed by atoms with van der Waals surface area (Å²) in [4.78, 5) is 0.652. The van der Waals surface area contributed by atoms with Gasteiger partial charge in [-0.2, -0.15) is 10.5 Å². The minimum atomic E-state index is 0.336. The second-order valence-electron chi connectivity index (χ2n) is 2.30. The number of rotatable bonds is 1. The van der Waals surface area contributed by atoms with E-state index >= 15 is 0 Å². The van der Waals surface area contributed by atoms with E-state index in [0.717, 1.165) is 5.56 Å². The van der Waals surface area contributed by atoms with Gasteiger partial charge in [-0.05, 0) is 17.7 Å². The van der Waals surface area contributed by atoms with Crippen LogP contribution in [0, 0.1) is 22.7 Å². The molecule has 0 heterocycles. The van der Waals surface area contributed by atoms with Crippen LogP contribution in [0.3, 0.4) is 0 Å². The Morgan fingerprint density at radius 2 is 2.08 bits per heavy atom. The molecule has 0 aliphatic rings. The molecule has 12 heavy (non-hydrogen) atoms. The van der Waals surface area contributed by atoms with E-state index in [4.69, 9.17) is 10.5 Å². The molecule has 1 rings (SSSR count). The van der Waals surface area contributed by atoms with Gasteiger partial charge < -0.3 is 0 Å². The summed E-state index contributed by atoms with van der Waals surface area (Å²) in [7, 11) is 0. The first-order valence-electron chi connectivity index (χ1n) is 3.37. The Morgan fingerprint density at radius 3 is 2.67 bits per heavy atom. The summed E-state index contributed by atoms with van der Waals surface area (Å²) in [6.07, 6.45) is 0.336. The third-order valence-corrected chi connectivity index (χ3v) is 1.85. The van der Waals surface area contributed by atoms with Crippen molar-refractivity contribution in [3.8, 4) is 12.1 Å². The van der Waals surface area contributed by atoms with E-state index in [2.05, 4.69) is 12.6 Å². The summed E-state index contributed by atoms with van der Waals surface area (Å²) < 4.78 is 0. The molecule has 0 radical (unpaired) electrons. The van der Waals surface area contributed by atoms with Crippen molar-refractivity contribution >= 4 is 12.6 Å². The quantitative estimate of drug-likeness (QED) is 0.661. The molecule has 0 N–H and O–H groups in total. The maximum absolute atomic E-state index is 8.63. The van der Waals surface area contributed by atoms with Crippen molar-refractivity contribution in [2.45, 2.75) is 11.3 Å². The minimum Gasteiger partial charge on any atom is -0.198 e. The molecule has 3 heteroatoms. The lowest BCUT2D eigenvalue weighted by atomic mass is 10.1. The van der Waals surface area contributed by atoms with Crippen molar-refractivity contribution in [3.63, 3.8) is 0 Å². The maximum atomic E-state index is 8.63. The molecule has 0 atom stereocenters. The Balaban J connectivity index is 3.09. The second-order valence-corrected chi connectivity index (χ2v) is 2.78. The van der Waals surface area contributed by atoms with Crippen molar-refractivity contribution in [2.24, 2.45) is 0 Å². The third-order valence-electron chi connectivity index (χ3n) is 1.46. The zero-order valence-electron chi connectivity index (χ0n) is 6.28. The molecule has 0 aliphatic heterocycles. The first-order chi connectivity index (χ1) is 5.77. The van der Waals surface area contributed by atoms with Crippen LogP contribution in [-0.4, -0.2) is 0 Å². The van der Waals surface area contributed by atoms with E-state index in [9.17, 15) is 0 Å². The SMILES string of the molecule is N#CCc1ccc(S)c(C#N)c1. The van der Waals surface area contributed by atoms with Gasteiger partial charge in [0.05, 0.1) is 18.1 Å². The van der Waals surface area contributed by atoms with E-state index in [0.29, 0.717) is 16.9 Å². The molecular weight excluding hydrogens is 168 g/mol. The second kappa shape index (κ2) is 3.80. The topological polar surface area (TPSA) is 47.6 Å². The van der Waals surface area contributed by atoms with Crippen LogP contribution in [0.4, 0.5) is 0 Å². The lowest BCUT2D eigenvalue weighted by Crippen LogP contribution is -1.84. The highest BCUT2D eigenvalue weighted by Gasteiger charge is 1.98. The fourth-order valence-electron chi connectivity index (χ4n) is 0.874. The number of nitrogens with zero attached hydrogens (tertiary/aromatic N) is 2. The Morgan fingerprint density at radius 1 is 1.33 bits per heavy atom. The van der Waals surface area contributed by atoms with Gasteiger partial charge in [0.25, 0.3) is 0 Å². The largest absolute Gasteiger partial charge is 0.198 e. The predicted octanol–water partition coefficient (Wildman–Crippen LogP) is 1.91. The zero-order chi connectivity index (χ0) is 8.97. The van der Waals surface area contributed by atoms with Gasteiger partial charge >= 0.3 is 0 Å². The van der Waals surface area contributed by atoms with Gasteiger partial charge in [0.15, 0.2) is 0 Å². The molecule has 0 spiro atoms. The fraction of sp³-hybridized carbons (Fsp3) is 0.111. The van der Waals surface area contributed by atoms with Crippen LogP contribution in [-0.2, 0) is 6.42 Å². The minimum absolute atomic E-state index is 0.336. The van der Waals surface area contributed by atoms with Crippen molar-refractivity contribution < 1.29 is 0 Å². The van der Waals surface area contributed by atoms with Crippen molar-refractivity contribution in [1.82, 2.24) is 0 Å². The molecule has 0 saturated carbocycles. The molecule has 0 aliphatic carbocycles. The number of benzene rings is 1. The molecular formula is C9H6N2S. The number of nitriles is 2. The van der Waals surface area contributed by atoms with Gasteiger partial charge in [0, 0.05) is 4.90 Å². The molecule has 0 aromatic heterocycles. The van der Waals surface area contributed by atoms with Crippen molar-refractivity contribution in [3.05, 3.63) is 29.3 Å². The van der Waals surface area contributed by atoms with E-state index in [1.54, 1.807) is 18.2 Å². The van der Waals surface area contributed by atoms with Gasteiger partial charge in [0.2, 0.25) is 0 Å². The molecule has 1 aromatic carbocycles. The lowest BCUT2D eigenvalue weighted by Gasteiger charge is -1.97. The summed E-state index contributed by atoms with van der Waals surface area (Å²) in [5, 5.41) is 17.0. The van der Waals surface area contributed by atoms with Gasteiger partial charge in [-0.15, -0.1) is 12.6 Å². The molecule has 0 fully saturated rings. The highest BCUT2D eigenvalue weighted by Crippen LogP contribution is 2.14. The summed E-state index contributed by atoms with van der Waals surface area (Å²) in [6, 6.07) is 9.24. The van der Waals surface area contributed by atoms with Crippen LogP contribution in [0.5, 0.6) is 0 Å². The molecule has 0 amide bonds. The van der Waals surface area contributed by atoms with Crippen LogP contribution < -0.4 is 0 Å². The number of hydrogen-bond donors (Lipinski definition) is 1. The Kier molecular flexibility index (Phi) is 2.74. The van der Waals surface area contributed by atoms with Crippen molar-refractivity contribution in [1.29, 1.82) is 10.5 Å². The van der Waals surface area contributed by atoms with E-state index < -0.39 is 0 Å². The normalized spacial score (nSPS) is 8.58. The summed E-state index contributed by atoms with van der Waals surface area (Å²) in [6.45, 7) is 0. The third kappa shape index (κ3) is 1.78. The maximum Gasteiger partial charge on any atom is 0.100 e. The van der Waals surface area contributed by atoms with Gasteiger partial charge in [-0.1, -0.05) is 6.07 Å². The molecule has 0 saturated heterocycles. The van der Waals surface area contributed by atoms with Crippen LogP contribution in [0.25, 0.3) is 0 Å². The average molecular weight is 174 g/mol. The summed E-state index contributed by atoms with van der Waals surface area (Å²) in [5.41, 5.74) is 1.37. The van der Waals surface area contributed by atoms with Crippen LogP contribution >= 0.6 is 12.6 Å². The zero-order valence-corrected chi connectivity index (χ0v) is 7.18. The highest BCUT2D eigenvalue weighted by molar-refractivity contribution is 7.80. The Labute approximate surface area is 76.5 Å². The molecule has 2 nitrogen and oxygen atoms in total. The Bertz CT molecular complexity index is 371. The summed E-state index contributed by atoms with van der Waals surface area (Å²) in [5.74, 6) is 0. The molecule has 0 bridgehead atoms. The highest BCUT2D eigenvalue weighted by atomic mass is 32.1. The number of hydrogen-bond acceptors (Lipinski definition) is 3. The van der Waals surface area contributed by atoms with E-state index in [1.165, 1.54) is 0 Å². The lowest BCUT2D eigenvalue weighted by molar-refractivity contribution is 1.23. The Hall–Kier alpha value is -1.45. The van der Waals surface area contributed by atoms with Gasteiger partial charge in [-0.25, -0.2) is 0 Å².